The van der Waals surface area contributed by atoms with Crippen LogP contribution in [0.2, 0.25) is 10.0 Å². The molecule has 33 heavy (non-hydrogen) atoms. The van der Waals surface area contributed by atoms with Crippen molar-refractivity contribution in [3.8, 4) is 5.75 Å². The fourth-order valence-corrected chi connectivity index (χ4v) is 4.14. The highest BCUT2D eigenvalue weighted by Gasteiger charge is 2.33. The number of hydrogen-bond donors (Lipinski definition) is 0. The van der Waals surface area contributed by atoms with Crippen molar-refractivity contribution in [1.82, 2.24) is 5.01 Å². The molecule has 1 atom stereocenters. The van der Waals surface area contributed by atoms with Crippen LogP contribution in [0, 0.1) is 0 Å². The molecule has 1 unspecified atom stereocenters. The van der Waals surface area contributed by atoms with Crippen LogP contribution in [0.1, 0.15) is 33.9 Å². The van der Waals surface area contributed by atoms with Gasteiger partial charge in [0.15, 0.2) is 6.61 Å². The zero-order valence-electron chi connectivity index (χ0n) is 17.7. The summed E-state index contributed by atoms with van der Waals surface area (Å²) in [6.07, 6.45) is 0.520. The first-order valence-electron chi connectivity index (χ1n) is 10.2. The second kappa shape index (κ2) is 10.1. The summed E-state index contributed by atoms with van der Waals surface area (Å²) in [5, 5.41) is 6.25. The Balaban J connectivity index is 1.56. The van der Waals surface area contributed by atoms with E-state index in [1.54, 1.807) is 13.2 Å². The largest absolute Gasteiger partial charge is 0.497 e. The smallest absolute Gasteiger partial charge is 0.341 e. The molecule has 1 amide bonds. The topological polar surface area (TPSA) is 68.2 Å². The Bertz CT molecular complexity index is 1180. The van der Waals surface area contributed by atoms with Gasteiger partial charge in [0.25, 0.3) is 5.91 Å². The average Bonchev–Trinajstić information content (AvgIpc) is 3.29. The van der Waals surface area contributed by atoms with E-state index in [1.165, 1.54) is 17.1 Å². The number of methoxy groups -OCH3 is 1. The Morgan fingerprint density at radius 2 is 1.64 bits per heavy atom. The molecule has 0 aromatic heterocycles. The van der Waals surface area contributed by atoms with Crippen molar-refractivity contribution in [1.29, 1.82) is 0 Å². The number of ether oxygens (including phenoxy) is 2. The minimum atomic E-state index is -0.772. The van der Waals surface area contributed by atoms with Gasteiger partial charge in [-0.15, -0.1) is 0 Å². The van der Waals surface area contributed by atoms with Crippen molar-refractivity contribution < 1.29 is 19.1 Å². The predicted molar refractivity (Wildman–Crippen MR) is 127 cm³/mol. The maximum Gasteiger partial charge on any atom is 0.341 e. The Morgan fingerprint density at radius 1 is 0.970 bits per heavy atom. The lowest BCUT2D eigenvalue weighted by molar-refractivity contribution is -0.136. The molecular weight excluding hydrogens is 463 g/mol. The number of nitrogens with zero attached hydrogens (tertiary/aromatic N) is 2. The lowest BCUT2D eigenvalue weighted by Crippen LogP contribution is -2.31. The molecule has 0 radical (unpaired) electrons. The van der Waals surface area contributed by atoms with Gasteiger partial charge in [-0.05, 0) is 35.4 Å². The summed E-state index contributed by atoms with van der Waals surface area (Å²) in [4.78, 5) is 25.6. The molecule has 0 N–H and O–H groups in total. The van der Waals surface area contributed by atoms with Gasteiger partial charge < -0.3 is 9.47 Å². The van der Waals surface area contributed by atoms with Gasteiger partial charge in [-0.2, -0.15) is 5.10 Å². The summed E-state index contributed by atoms with van der Waals surface area (Å²) in [6.45, 7) is -0.501. The van der Waals surface area contributed by atoms with Gasteiger partial charge in [-0.25, -0.2) is 9.80 Å². The molecule has 3 aromatic carbocycles. The van der Waals surface area contributed by atoms with Gasteiger partial charge in [-0.1, -0.05) is 71.7 Å². The maximum atomic E-state index is 13.1. The second-order valence-corrected chi connectivity index (χ2v) is 8.13. The normalized spacial score (nSPS) is 15.2. The Labute approximate surface area is 201 Å². The van der Waals surface area contributed by atoms with Crippen LogP contribution >= 0.6 is 23.2 Å². The quantitative estimate of drug-likeness (QED) is 0.432. The van der Waals surface area contributed by atoms with Gasteiger partial charge in [0.05, 0.1) is 34.5 Å². The molecule has 0 fully saturated rings. The number of carbonyl (C=O) groups is 2. The van der Waals surface area contributed by atoms with E-state index in [4.69, 9.17) is 32.7 Å². The van der Waals surface area contributed by atoms with E-state index in [0.717, 1.165) is 16.8 Å². The van der Waals surface area contributed by atoms with E-state index >= 15 is 0 Å². The van der Waals surface area contributed by atoms with Crippen molar-refractivity contribution in [3.05, 3.63) is 99.5 Å². The van der Waals surface area contributed by atoms with E-state index in [9.17, 15) is 9.59 Å². The highest BCUT2D eigenvalue weighted by atomic mass is 35.5. The van der Waals surface area contributed by atoms with Crippen LogP contribution in [0.4, 0.5) is 0 Å². The van der Waals surface area contributed by atoms with Crippen LogP contribution in [-0.4, -0.2) is 36.3 Å². The van der Waals surface area contributed by atoms with E-state index in [1.807, 2.05) is 54.6 Å². The van der Waals surface area contributed by atoms with Crippen LogP contribution < -0.4 is 4.74 Å². The van der Waals surface area contributed by atoms with Gasteiger partial charge in [-0.3, -0.25) is 4.79 Å². The Kier molecular flexibility index (Phi) is 6.96. The lowest BCUT2D eigenvalue weighted by atomic mass is 9.98. The van der Waals surface area contributed by atoms with Crippen LogP contribution in [0.5, 0.6) is 5.75 Å². The van der Waals surface area contributed by atoms with Crippen molar-refractivity contribution in [2.24, 2.45) is 5.10 Å². The zero-order chi connectivity index (χ0) is 23.4. The molecule has 0 aliphatic carbocycles. The number of amides is 1. The molecule has 6 nitrogen and oxygen atoms in total. The molecule has 1 heterocycles. The number of rotatable bonds is 6. The predicted octanol–water partition coefficient (Wildman–Crippen LogP) is 5.54. The Morgan fingerprint density at radius 3 is 2.27 bits per heavy atom. The number of esters is 1. The van der Waals surface area contributed by atoms with Crippen LogP contribution in [0.25, 0.3) is 0 Å². The van der Waals surface area contributed by atoms with Crippen molar-refractivity contribution in [3.63, 3.8) is 0 Å². The van der Waals surface area contributed by atoms with Gasteiger partial charge in [0.1, 0.15) is 5.75 Å². The average molecular weight is 483 g/mol. The summed E-state index contributed by atoms with van der Waals surface area (Å²) >= 11 is 12.1. The third kappa shape index (κ3) is 5.02. The maximum absolute atomic E-state index is 13.1. The molecule has 0 spiro atoms. The summed E-state index contributed by atoms with van der Waals surface area (Å²) in [6, 6.07) is 21.4. The summed E-state index contributed by atoms with van der Waals surface area (Å²) < 4.78 is 10.5. The first-order valence-corrected chi connectivity index (χ1v) is 10.9. The molecule has 0 bridgehead atoms. The highest BCUT2D eigenvalue weighted by molar-refractivity contribution is 6.39. The molecule has 8 heteroatoms. The van der Waals surface area contributed by atoms with E-state index < -0.39 is 18.5 Å². The molecule has 168 valence electrons. The fraction of sp³-hybridized carbons (Fsp3) is 0.160. The SMILES string of the molecule is COc1ccc(C2CC(c3ccccc3)=NN2C(=O)COC(=O)c2c(Cl)cccc2Cl)cc1. The minimum absolute atomic E-state index is 0.0234. The molecule has 1 aliphatic heterocycles. The second-order valence-electron chi connectivity index (χ2n) is 7.32. The van der Waals surface area contributed by atoms with E-state index in [-0.39, 0.29) is 21.7 Å². The van der Waals surface area contributed by atoms with Crippen LogP contribution in [0.15, 0.2) is 77.9 Å². The highest BCUT2D eigenvalue weighted by Crippen LogP contribution is 2.34. The van der Waals surface area contributed by atoms with Crippen molar-refractivity contribution in [2.45, 2.75) is 12.5 Å². The lowest BCUT2D eigenvalue weighted by Gasteiger charge is -2.22. The number of halogens is 2. The minimum Gasteiger partial charge on any atom is -0.497 e. The van der Waals surface area contributed by atoms with Gasteiger partial charge >= 0.3 is 5.97 Å². The molecular formula is C25H20Cl2N2O4. The number of hydrogen-bond acceptors (Lipinski definition) is 5. The Hall–Kier alpha value is -3.35. The van der Waals surface area contributed by atoms with Crippen LogP contribution in [-0.2, 0) is 9.53 Å². The molecule has 0 saturated carbocycles. The first kappa shape index (κ1) is 22.8. The summed E-state index contributed by atoms with van der Waals surface area (Å²) in [7, 11) is 1.59. The zero-order valence-corrected chi connectivity index (χ0v) is 19.2. The molecule has 1 aliphatic rings. The molecule has 3 aromatic rings. The third-order valence-electron chi connectivity index (χ3n) is 5.27. The van der Waals surface area contributed by atoms with Crippen molar-refractivity contribution >= 4 is 40.8 Å². The molecule has 0 saturated heterocycles. The van der Waals surface area contributed by atoms with Gasteiger partial charge in [0.2, 0.25) is 0 Å². The first-order chi connectivity index (χ1) is 16.0. The number of hydrazone groups is 1. The number of benzene rings is 3. The van der Waals surface area contributed by atoms with E-state index in [0.29, 0.717) is 12.2 Å². The standard InChI is InChI=1S/C25H20Cl2N2O4/c1-32-18-12-10-17(11-13-18)22-14-21(16-6-3-2-4-7-16)28-29(22)23(30)15-33-25(31)24-19(26)8-5-9-20(24)27/h2-13,22H,14-15H2,1H3. The van der Waals surface area contributed by atoms with Gasteiger partial charge in [0, 0.05) is 6.42 Å². The summed E-state index contributed by atoms with van der Waals surface area (Å²) in [5.41, 5.74) is 2.60. The molecule has 4 rings (SSSR count). The summed E-state index contributed by atoms with van der Waals surface area (Å²) in [5.74, 6) is -0.519. The van der Waals surface area contributed by atoms with E-state index in [2.05, 4.69) is 5.10 Å². The van der Waals surface area contributed by atoms with Crippen LogP contribution in [0.3, 0.4) is 0 Å². The fourth-order valence-electron chi connectivity index (χ4n) is 3.59. The monoisotopic (exact) mass is 482 g/mol. The van der Waals surface area contributed by atoms with Crippen molar-refractivity contribution in [2.75, 3.05) is 13.7 Å². The third-order valence-corrected chi connectivity index (χ3v) is 5.90. The number of carbonyl (C=O) groups excluding carboxylic acids is 2.